The molecule has 0 atom stereocenters. The maximum atomic E-state index is 6.14. The minimum Gasteiger partial charge on any atom is -0.389 e. The van der Waals surface area contributed by atoms with Gasteiger partial charge in [0, 0.05) is 11.5 Å². The van der Waals surface area contributed by atoms with E-state index in [0.717, 1.165) is 16.3 Å². The van der Waals surface area contributed by atoms with Crippen LogP contribution in [0.4, 0.5) is 5.00 Å². The standard InChI is InChI=1S/C15H18N2S/c16-14-13(11-7-3-1-4-8-11)17-15(18-14)12-9-5-2-6-10-12/h1,3-4,7-8,12H,2,5-6,9-10,16H2. The largest absolute Gasteiger partial charge is 0.389 e. The lowest BCUT2D eigenvalue weighted by Gasteiger charge is -2.18. The summed E-state index contributed by atoms with van der Waals surface area (Å²) in [6.45, 7) is 0. The van der Waals surface area contributed by atoms with Crippen LogP contribution in [-0.2, 0) is 0 Å². The predicted molar refractivity (Wildman–Crippen MR) is 77.8 cm³/mol. The number of hydrogen-bond donors (Lipinski definition) is 1. The number of aromatic nitrogens is 1. The van der Waals surface area contributed by atoms with Crippen molar-refractivity contribution >= 4 is 16.3 Å². The normalized spacial score (nSPS) is 16.9. The molecule has 2 N–H and O–H groups in total. The molecule has 0 unspecified atom stereocenters. The van der Waals surface area contributed by atoms with Crippen LogP contribution in [0.15, 0.2) is 30.3 Å². The van der Waals surface area contributed by atoms with Gasteiger partial charge in [0.2, 0.25) is 0 Å². The number of nitrogens with two attached hydrogens (primary N) is 1. The first kappa shape index (κ1) is 11.7. The molecule has 2 aromatic rings. The molecule has 0 amide bonds. The Labute approximate surface area is 112 Å². The van der Waals surface area contributed by atoms with E-state index in [2.05, 4.69) is 12.1 Å². The maximum absolute atomic E-state index is 6.14. The lowest BCUT2D eigenvalue weighted by molar-refractivity contribution is 0.442. The van der Waals surface area contributed by atoms with Crippen molar-refractivity contribution in [2.45, 2.75) is 38.0 Å². The van der Waals surface area contributed by atoms with E-state index in [1.165, 1.54) is 37.1 Å². The van der Waals surface area contributed by atoms with Crippen LogP contribution in [0.3, 0.4) is 0 Å². The average molecular weight is 258 g/mol. The van der Waals surface area contributed by atoms with Gasteiger partial charge in [0.15, 0.2) is 0 Å². The van der Waals surface area contributed by atoms with E-state index in [9.17, 15) is 0 Å². The molecule has 0 spiro atoms. The van der Waals surface area contributed by atoms with Crippen molar-refractivity contribution in [1.82, 2.24) is 4.98 Å². The van der Waals surface area contributed by atoms with Crippen LogP contribution in [0.25, 0.3) is 11.3 Å². The summed E-state index contributed by atoms with van der Waals surface area (Å²) in [6.07, 6.45) is 6.61. The molecule has 1 aromatic carbocycles. The minimum atomic E-state index is 0.642. The number of nitrogen functional groups attached to an aromatic ring is 1. The average Bonchev–Trinajstić information content (AvgIpc) is 2.83. The van der Waals surface area contributed by atoms with Gasteiger partial charge in [-0.2, -0.15) is 0 Å². The van der Waals surface area contributed by atoms with E-state index in [1.54, 1.807) is 11.3 Å². The number of benzene rings is 1. The molecule has 2 nitrogen and oxygen atoms in total. The number of hydrogen-bond acceptors (Lipinski definition) is 3. The molecule has 3 rings (SSSR count). The molecule has 1 aliphatic carbocycles. The Morgan fingerprint density at radius 2 is 1.78 bits per heavy atom. The van der Waals surface area contributed by atoms with Crippen LogP contribution >= 0.6 is 11.3 Å². The van der Waals surface area contributed by atoms with Crippen molar-refractivity contribution in [3.8, 4) is 11.3 Å². The zero-order valence-corrected chi connectivity index (χ0v) is 11.2. The summed E-state index contributed by atoms with van der Waals surface area (Å²) in [5, 5.41) is 2.10. The van der Waals surface area contributed by atoms with E-state index in [4.69, 9.17) is 10.7 Å². The molecule has 1 aliphatic rings. The molecule has 0 bridgehead atoms. The van der Waals surface area contributed by atoms with Gasteiger partial charge in [0.1, 0.15) is 10.7 Å². The van der Waals surface area contributed by atoms with Crippen molar-refractivity contribution in [2.75, 3.05) is 5.73 Å². The molecule has 3 heteroatoms. The Morgan fingerprint density at radius 3 is 2.50 bits per heavy atom. The van der Waals surface area contributed by atoms with Crippen LogP contribution in [-0.4, -0.2) is 4.98 Å². The van der Waals surface area contributed by atoms with Crippen LogP contribution in [0.5, 0.6) is 0 Å². The number of thiazole rings is 1. The molecule has 1 saturated carbocycles. The predicted octanol–water partition coefficient (Wildman–Crippen LogP) is 4.44. The lowest BCUT2D eigenvalue weighted by Crippen LogP contribution is -2.03. The molecule has 1 heterocycles. The second-order valence-corrected chi connectivity index (χ2v) is 6.03. The zero-order chi connectivity index (χ0) is 12.4. The first-order valence-electron chi connectivity index (χ1n) is 6.66. The highest BCUT2D eigenvalue weighted by atomic mass is 32.1. The summed E-state index contributed by atoms with van der Waals surface area (Å²) in [7, 11) is 0. The SMILES string of the molecule is Nc1sc(C2CCCCC2)nc1-c1ccccc1. The second-order valence-electron chi connectivity index (χ2n) is 4.97. The van der Waals surface area contributed by atoms with Gasteiger partial charge in [0.05, 0.1) is 5.01 Å². The molecule has 94 valence electrons. The molecular weight excluding hydrogens is 240 g/mol. The molecule has 1 fully saturated rings. The van der Waals surface area contributed by atoms with Gasteiger partial charge in [-0.05, 0) is 12.8 Å². The highest BCUT2D eigenvalue weighted by molar-refractivity contribution is 7.16. The fourth-order valence-electron chi connectivity index (χ4n) is 2.68. The highest BCUT2D eigenvalue weighted by Gasteiger charge is 2.20. The Morgan fingerprint density at radius 1 is 1.06 bits per heavy atom. The third-order valence-electron chi connectivity index (χ3n) is 3.67. The van der Waals surface area contributed by atoms with Gasteiger partial charge in [-0.1, -0.05) is 49.6 Å². The van der Waals surface area contributed by atoms with Gasteiger partial charge in [-0.25, -0.2) is 4.98 Å². The van der Waals surface area contributed by atoms with Crippen molar-refractivity contribution in [3.05, 3.63) is 35.3 Å². The summed E-state index contributed by atoms with van der Waals surface area (Å²) < 4.78 is 0. The van der Waals surface area contributed by atoms with Crippen LogP contribution in [0.1, 0.15) is 43.0 Å². The van der Waals surface area contributed by atoms with Gasteiger partial charge < -0.3 is 5.73 Å². The quantitative estimate of drug-likeness (QED) is 0.865. The molecule has 0 radical (unpaired) electrons. The summed E-state index contributed by atoms with van der Waals surface area (Å²) in [5.74, 6) is 0.642. The summed E-state index contributed by atoms with van der Waals surface area (Å²) in [5.41, 5.74) is 8.24. The second kappa shape index (κ2) is 5.11. The maximum Gasteiger partial charge on any atom is 0.114 e. The number of nitrogens with zero attached hydrogens (tertiary/aromatic N) is 1. The third kappa shape index (κ3) is 2.27. The Bertz CT molecular complexity index is 513. The fourth-order valence-corrected chi connectivity index (χ4v) is 3.70. The first-order chi connectivity index (χ1) is 8.84. The lowest BCUT2D eigenvalue weighted by atomic mass is 9.90. The molecule has 18 heavy (non-hydrogen) atoms. The monoisotopic (exact) mass is 258 g/mol. The van der Waals surface area contributed by atoms with Gasteiger partial charge in [-0.3, -0.25) is 0 Å². The van der Waals surface area contributed by atoms with Gasteiger partial charge >= 0.3 is 0 Å². The minimum absolute atomic E-state index is 0.642. The molecule has 1 aromatic heterocycles. The molecule has 0 aliphatic heterocycles. The fraction of sp³-hybridized carbons (Fsp3) is 0.400. The van der Waals surface area contributed by atoms with Crippen LogP contribution in [0.2, 0.25) is 0 Å². The summed E-state index contributed by atoms with van der Waals surface area (Å²) in [6, 6.07) is 10.3. The van der Waals surface area contributed by atoms with E-state index in [1.807, 2.05) is 18.2 Å². The molecule has 0 saturated heterocycles. The van der Waals surface area contributed by atoms with E-state index < -0.39 is 0 Å². The summed E-state index contributed by atoms with van der Waals surface area (Å²) in [4.78, 5) is 4.80. The van der Waals surface area contributed by atoms with E-state index in [0.29, 0.717) is 5.92 Å². The van der Waals surface area contributed by atoms with Crippen molar-refractivity contribution in [1.29, 1.82) is 0 Å². The van der Waals surface area contributed by atoms with E-state index >= 15 is 0 Å². The zero-order valence-electron chi connectivity index (χ0n) is 10.4. The Hall–Kier alpha value is -1.35. The Balaban J connectivity index is 1.91. The number of rotatable bonds is 2. The Kier molecular flexibility index (Phi) is 3.33. The van der Waals surface area contributed by atoms with Gasteiger partial charge in [0.25, 0.3) is 0 Å². The smallest absolute Gasteiger partial charge is 0.114 e. The number of anilines is 1. The topological polar surface area (TPSA) is 38.9 Å². The molecular formula is C15H18N2S. The summed E-state index contributed by atoms with van der Waals surface area (Å²) >= 11 is 1.68. The van der Waals surface area contributed by atoms with Crippen molar-refractivity contribution < 1.29 is 0 Å². The van der Waals surface area contributed by atoms with Crippen molar-refractivity contribution in [2.24, 2.45) is 0 Å². The first-order valence-corrected chi connectivity index (χ1v) is 7.48. The van der Waals surface area contributed by atoms with Crippen molar-refractivity contribution in [3.63, 3.8) is 0 Å². The third-order valence-corrected chi connectivity index (χ3v) is 4.72. The van der Waals surface area contributed by atoms with Gasteiger partial charge in [-0.15, -0.1) is 11.3 Å². The highest BCUT2D eigenvalue weighted by Crippen LogP contribution is 2.39. The van der Waals surface area contributed by atoms with Crippen LogP contribution < -0.4 is 5.73 Å². The van der Waals surface area contributed by atoms with Crippen LogP contribution in [0, 0.1) is 0 Å². The van der Waals surface area contributed by atoms with E-state index in [-0.39, 0.29) is 0 Å².